The molecule has 0 amide bonds. The second-order valence-electron chi connectivity index (χ2n) is 4.67. The van der Waals surface area contributed by atoms with Crippen LogP contribution in [0.25, 0.3) is 0 Å². The van der Waals surface area contributed by atoms with Crippen molar-refractivity contribution in [3.05, 3.63) is 35.9 Å². The second-order valence-corrected chi connectivity index (χ2v) is 4.67. The normalized spacial score (nSPS) is 12.9. The topological polar surface area (TPSA) is 21.3 Å². The van der Waals surface area contributed by atoms with E-state index in [9.17, 15) is 0 Å². The SMILES string of the molecule is CCC(Cc1ccccc1)NCCOC(C)C. The Bertz CT molecular complexity index is 284. The Labute approximate surface area is 105 Å². The molecule has 1 N–H and O–H groups in total. The van der Waals surface area contributed by atoms with Crippen molar-refractivity contribution in [3.63, 3.8) is 0 Å². The summed E-state index contributed by atoms with van der Waals surface area (Å²) in [4.78, 5) is 0. The van der Waals surface area contributed by atoms with E-state index in [1.807, 2.05) is 0 Å². The van der Waals surface area contributed by atoms with Crippen molar-refractivity contribution in [3.8, 4) is 0 Å². The molecule has 2 heteroatoms. The van der Waals surface area contributed by atoms with E-state index in [2.05, 4.69) is 56.4 Å². The van der Waals surface area contributed by atoms with Crippen LogP contribution in [-0.4, -0.2) is 25.3 Å². The predicted molar refractivity (Wildman–Crippen MR) is 73.3 cm³/mol. The lowest BCUT2D eigenvalue weighted by Crippen LogP contribution is -2.33. The lowest BCUT2D eigenvalue weighted by Gasteiger charge is -2.17. The summed E-state index contributed by atoms with van der Waals surface area (Å²) in [5.41, 5.74) is 1.40. The zero-order chi connectivity index (χ0) is 12.5. The van der Waals surface area contributed by atoms with Crippen LogP contribution in [0.15, 0.2) is 30.3 Å². The van der Waals surface area contributed by atoms with Gasteiger partial charge in [-0.2, -0.15) is 0 Å². The minimum atomic E-state index is 0.325. The maximum absolute atomic E-state index is 5.52. The summed E-state index contributed by atoms with van der Waals surface area (Å²) >= 11 is 0. The molecule has 1 aromatic carbocycles. The first kappa shape index (κ1) is 14.2. The Kier molecular flexibility index (Phi) is 6.90. The van der Waals surface area contributed by atoms with Crippen molar-refractivity contribution in [1.29, 1.82) is 0 Å². The van der Waals surface area contributed by atoms with Gasteiger partial charge in [0, 0.05) is 12.6 Å². The predicted octanol–water partition coefficient (Wildman–Crippen LogP) is 3.02. The Morgan fingerprint density at radius 2 is 1.88 bits per heavy atom. The molecule has 0 aromatic heterocycles. The summed E-state index contributed by atoms with van der Waals surface area (Å²) < 4.78 is 5.52. The highest BCUT2D eigenvalue weighted by molar-refractivity contribution is 5.15. The Balaban J connectivity index is 2.24. The number of nitrogens with one attached hydrogen (secondary N) is 1. The van der Waals surface area contributed by atoms with Gasteiger partial charge in [-0.3, -0.25) is 0 Å². The van der Waals surface area contributed by atoms with Crippen molar-refractivity contribution in [2.75, 3.05) is 13.2 Å². The van der Waals surface area contributed by atoms with E-state index in [0.717, 1.165) is 26.0 Å². The molecule has 0 heterocycles. The van der Waals surface area contributed by atoms with Crippen molar-refractivity contribution in [2.45, 2.75) is 45.8 Å². The molecule has 0 bridgehead atoms. The summed E-state index contributed by atoms with van der Waals surface area (Å²) in [7, 11) is 0. The molecule has 1 unspecified atom stereocenters. The largest absolute Gasteiger partial charge is 0.377 e. The minimum absolute atomic E-state index is 0.325. The highest BCUT2D eigenvalue weighted by atomic mass is 16.5. The van der Waals surface area contributed by atoms with Gasteiger partial charge in [0.2, 0.25) is 0 Å². The van der Waals surface area contributed by atoms with Gasteiger partial charge in [-0.15, -0.1) is 0 Å². The van der Waals surface area contributed by atoms with Gasteiger partial charge >= 0.3 is 0 Å². The standard InChI is InChI=1S/C15H25NO/c1-4-15(16-10-11-17-13(2)3)12-14-8-6-5-7-9-14/h5-9,13,15-16H,4,10-12H2,1-3H3. The van der Waals surface area contributed by atoms with E-state index in [0.29, 0.717) is 12.1 Å². The minimum Gasteiger partial charge on any atom is -0.377 e. The molecule has 17 heavy (non-hydrogen) atoms. The first-order valence-corrected chi connectivity index (χ1v) is 6.61. The van der Waals surface area contributed by atoms with Gasteiger partial charge in [0.25, 0.3) is 0 Å². The van der Waals surface area contributed by atoms with E-state index in [-0.39, 0.29) is 0 Å². The maximum atomic E-state index is 5.52. The molecule has 0 spiro atoms. The van der Waals surface area contributed by atoms with Gasteiger partial charge in [-0.1, -0.05) is 37.3 Å². The first-order chi connectivity index (χ1) is 8.22. The van der Waals surface area contributed by atoms with E-state index in [1.165, 1.54) is 5.56 Å². The molecule has 1 atom stereocenters. The van der Waals surface area contributed by atoms with Gasteiger partial charge in [-0.05, 0) is 32.3 Å². The molecular weight excluding hydrogens is 210 g/mol. The van der Waals surface area contributed by atoms with Crippen LogP contribution in [0.5, 0.6) is 0 Å². The summed E-state index contributed by atoms with van der Waals surface area (Å²) in [5.74, 6) is 0. The van der Waals surface area contributed by atoms with Crippen molar-refractivity contribution < 1.29 is 4.74 Å². The average molecular weight is 235 g/mol. The van der Waals surface area contributed by atoms with Gasteiger partial charge < -0.3 is 10.1 Å². The summed E-state index contributed by atoms with van der Waals surface area (Å²) in [6.07, 6.45) is 2.57. The number of hydrogen-bond acceptors (Lipinski definition) is 2. The molecule has 1 aromatic rings. The van der Waals surface area contributed by atoms with Crippen LogP contribution in [0.1, 0.15) is 32.8 Å². The van der Waals surface area contributed by atoms with Crippen LogP contribution in [0.4, 0.5) is 0 Å². The lowest BCUT2D eigenvalue weighted by molar-refractivity contribution is 0.0792. The fourth-order valence-corrected chi connectivity index (χ4v) is 1.82. The van der Waals surface area contributed by atoms with Crippen molar-refractivity contribution in [2.24, 2.45) is 0 Å². The van der Waals surface area contributed by atoms with Gasteiger partial charge in [0.15, 0.2) is 0 Å². The zero-order valence-electron chi connectivity index (χ0n) is 11.3. The third kappa shape index (κ3) is 6.44. The van der Waals surface area contributed by atoms with Gasteiger partial charge in [-0.25, -0.2) is 0 Å². The molecule has 2 nitrogen and oxygen atoms in total. The third-order valence-corrected chi connectivity index (χ3v) is 2.80. The Morgan fingerprint density at radius 1 is 1.18 bits per heavy atom. The van der Waals surface area contributed by atoms with Crippen LogP contribution in [0, 0.1) is 0 Å². The molecule has 0 saturated heterocycles. The van der Waals surface area contributed by atoms with E-state index in [4.69, 9.17) is 4.74 Å². The molecule has 0 radical (unpaired) electrons. The lowest BCUT2D eigenvalue weighted by atomic mass is 10.0. The maximum Gasteiger partial charge on any atom is 0.0594 e. The third-order valence-electron chi connectivity index (χ3n) is 2.80. The molecular formula is C15H25NO. The van der Waals surface area contributed by atoms with E-state index >= 15 is 0 Å². The first-order valence-electron chi connectivity index (χ1n) is 6.61. The summed E-state index contributed by atoms with van der Waals surface area (Å²) in [6, 6.07) is 11.2. The molecule has 0 aliphatic rings. The fourth-order valence-electron chi connectivity index (χ4n) is 1.82. The Morgan fingerprint density at radius 3 is 2.47 bits per heavy atom. The second kappa shape index (κ2) is 8.26. The van der Waals surface area contributed by atoms with Crippen molar-refractivity contribution >= 4 is 0 Å². The quantitative estimate of drug-likeness (QED) is 0.699. The van der Waals surface area contributed by atoms with E-state index < -0.39 is 0 Å². The van der Waals surface area contributed by atoms with Gasteiger partial charge in [0.1, 0.15) is 0 Å². The highest BCUT2D eigenvalue weighted by Crippen LogP contribution is 2.05. The number of hydrogen-bond donors (Lipinski definition) is 1. The molecule has 0 aliphatic carbocycles. The fraction of sp³-hybridized carbons (Fsp3) is 0.600. The monoisotopic (exact) mass is 235 g/mol. The van der Waals surface area contributed by atoms with Crippen LogP contribution < -0.4 is 5.32 Å². The van der Waals surface area contributed by atoms with Crippen LogP contribution >= 0.6 is 0 Å². The highest BCUT2D eigenvalue weighted by Gasteiger charge is 2.06. The van der Waals surface area contributed by atoms with E-state index in [1.54, 1.807) is 0 Å². The molecule has 1 rings (SSSR count). The van der Waals surface area contributed by atoms with Gasteiger partial charge in [0.05, 0.1) is 12.7 Å². The molecule has 0 fully saturated rings. The number of ether oxygens (including phenoxy) is 1. The number of benzene rings is 1. The molecule has 0 saturated carbocycles. The average Bonchev–Trinajstić information content (AvgIpc) is 2.34. The summed E-state index contributed by atoms with van der Waals surface area (Å²) in [5, 5.41) is 3.55. The summed E-state index contributed by atoms with van der Waals surface area (Å²) in [6.45, 7) is 8.10. The van der Waals surface area contributed by atoms with Crippen LogP contribution in [0.2, 0.25) is 0 Å². The zero-order valence-corrected chi connectivity index (χ0v) is 11.3. The van der Waals surface area contributed by atoms with Crippen LogP contribution in [-0.2, 0) is 11.2 Å². The Hall–Kier alpha value is -0.860. The molecule has 96 valence electrons. The smallest absolute Gasteiger partial charge is 0.0594 e. The number of rotatable bonds is 8. The van der Waals surface area contributed by atoms with Crippen molar-refractivity contribution in [1.82, 2.24) is 5.32 Å². The van der Waals surface area contributed by atoms with Crippen LogP contribution in [0.3, 0.4) is 0 Å². The molecule has 0 aliphatic heterocycles.